The maximum absolute atomic E-state index is 13.1. The molecule has 1 aromatic rings. The van der Waals surface area contributed by atoms with E-state index in [9.17, 15) is 63.3 Å². The number of hydrogen-bond donors (Lipinski definition) is 11. The highest BCUT2D eigenvalue weighted by Gasteiger charge is 2.34. The molecule has 0 heterocycles. The summed E-state index contributed by atoms with van der Waals surface area (Å²) in [7, 11) is 0. The van der Waals surface area contributed by atoms with Gasteiger partial charge in [-0.2, -0.15) is 0 Å². The van der Waals surface area contributed by atoms with Crippen LogP contribution in [-0.4, -0.2) is 138 Å². The van der Waals surface area contributed by atoms with Crippen molar-refractivity contribution in [1.29, 1.82) is 0 Å². The molecule has 75 heavy (non-hydrogen) atoms. The normalized spacial score (nSPS) is 16.0. The van der Waals surface area contributed by atoms with Crippen molar-refractivity contribution in [3.63, 3.8) is 0 Å². The van der Waals surface area contributed by atoms with Gasteiger partial charge in [-0.25, -0.2) is 4.79 Å². The van der Waals surface area contributed by atoms with Crippen LogP contribution in [0.15, 0.2) is 24.3 Å². The van der Waals surface area contributed by atoms with Crippen molar-refractivity contribution < 1.29 is 72.7 Å². The molecule has 0 aromatic heterocycles. The first-order valence-corrected chi connectivity index (χ1v) is 25.8. The van der Waals surface area contributed by atoms with Gasteiger partial charge in [-0.1, -0.05) is 27.7 Å². The first kappa shape index (κ1) is 64.8. The topological polar surface area (TPSA) is 374 Å². The summed E-state index contributed by atoms with van der Waals surface area (Å²) in [6, 6.07) is 2.97. The lowest BCUT2D eigenvalue weighted by Crippen LogP contribution is -2.48. The lowest BCUT2D eigenvalue weighted by atomic mass is 9.71. The van der Waals surface area contributed by atoms with E-state index in [1.165, 1.54) is 0 Å². The molecule has 23 nitrogen and oxygen atoms in total. The van der Waals surface area contributed by atoms with Gasteiger partial charge >= 0.3 is 17.9 Å². The van der Waals surface area contributed by atoms with Gasteiger partial charge in [0.1, 0.15) is 18.1 Å². The van der Waals surface area contributed by atoms with E-state index in [1.807, 2.05) is 27.7 Å². The number of carbonyl (C=O) groups is 10. The van der Waals surface area contributed by atoms with Crippen molar-refractivity contribution in [1.82, 2.24) is 31.9 Å². The maximum atomic E-state index is 13.1. The smallest absolute Gasteiger partial charge is 0.326 e. The lowest BCUT2D eigenvalue weighted by molar-refractivity contribution is -0.143. The number of rotatable bonds is 37. The fourth-order valence-electron chi connectivity index (χ4n) is 9.14. The number of ether oxygens (including phenoxy) is 2. The summed E-state index contributed by atoms with van der Waals surface area (Å²) in [5.41, 5.74) is 10.6. The van der Waals surface area contributed by atoms with Gasteiger partial charge in [0, 0.05) is 62.5 Å². The molecule has 0 spiro atoms. The van der Waals surface area contributed by atoms with Gasteiger partial charge in [0.25, 0.3) is 5.91 Å². The van der Waals surface area contributed by atoms with Crippen molar-refractivity contribution in [2.75, 3.05) is 45.2 Å². The largest absolute Gasteiger partial charge is 0.481 e. The Balaban J connectivity index is 1.70. The number of hydrogen-bond acceptors (Lipinski definition) is 13. The summed E-state index contributed by atoms with van der Waals surface area (Å²) >= 11 is 0. The number of benzene rings is 1. The molecule has 422 valence electrons. The number of carboxylic acids is 3. The zero-order valence-electron chi connectivity index (χ0n) is 44.6. The quantitative estimate of drug-likeness (QED) is 0.0337. The molecule has 3 atom stereocenters. The van der Waals surface area contributed by atoms with Crippen LogP contribution in [0.2, 0.25) is 0 Å². The van der Waals surface area contributed by atoms with E-state index in [1.54, 1.807) is 38.1 Å². The molecule has 13 N–H and O–H groups in total. The minimum absolute atomic E-state index is 0.000662. The Kier molecular flexibility index (Phi) is 27.8. The van der Waals surface area contributed by atoms with Crippen LogP contribution >= 0.6 is 0 Å². The van der Waals surface area contributed by atoms with Gasteiger partial charge in [0.05, 0.1) is 31.8 Å². The fraction of sp³-hybridized carbons (Fsp3) is 0.692. The van der Waals surface area contributed by atoms with Crippen LogP contribution < -0.4 is 43.4 Å². The lowest BCUT2D eigenvalue weighted by Gasteiger charge is -2.34. The second kappa shape index (κ2) is 32.2. The predicted octanol–water partition coefficient (Wildman–Crippen LogP) is 2.78. The molecular formula is C52H84N8O15. The third-order valence-electron chi connectivity index (χ3n) is 12.9. The van der Waals surface area contributed by atoms with Crippen molar-refractivity contribution in [3.8, 4) is 0 Å². The van der Waals surface area contributed by atoms with Crippen molar-refractivity contribution in [2.24, 2.45) is 28.4 Å². The second-order valence-electron chi connectivity index (χ2n) is 21.7. The van der Waals surface area contributed by atoms with E-state index in [0.717, 1.165) is 0 Å². The molecule has 23 heteroatoms. The van der Waals surface area contributed by atoms with Crippen LogP contribution in [0.4, 0.5) is 5.69 Å². The van der Waals surface area contributed by atoms with Gasteiger partial charge < -0.3 is 68.2 Å². The van der Waals surface area contributed by atoms with Gasteiger partial charge in [0.2, 0.25) is 35.4 Å². The average Bonchev–Trinajstić information content (AvgIpc) is 3.30. The van der Waals surface area contributed by atoms with Crippen LogP contribution in [0.5, 0.6) is 0 Å². The van der Waals surface area contributed by atoms with E-state index < -0.39 is 88.4 Å². The molecule has 1 aromatic carbocycles. The van der Waals surface area contributed by atoms with Crippen molar-refractivity contribution >= 4 is 64.9 Å². The van der Waals surface area contributed by atoms with E-state index in [4.69, 9.17) is 20.9 Å². The number of nitrogens with two attached hydrogens (primary N) is 2. The number of aliphatic carboxylic acids is 3. The third kappa shape index (κ3) is 28.2. The van der Waals surface area contributed by atoms with E-state index in [-0.39, 0.29) is 88.5 Å². The molecule has 7 amide bonds. The van der Waals surface area contributed by atoms with E-state index in [0.29, 0.717) is 82.1 Å². The Morgan fingerprint density at radius 2 is 1.25 bits per heavy atom. The van der Waals surface area contributed by atoms with Gasteiger partial charge in [-0.15, -0.1) is 0 Å². The predicted molar refractivity (Wildman–Crippen MR) is 276 cm³/mol. The first-order chi connectivity index (χ1) is 35.1. The Labute approximate surface area is 439 Å². The minimum Gasteiger partial charge on any atom is -0.481 e. The Bertz CT molecular complexity index is 2070. The van der Waals surface area contributed by atoms with Crippen molar-refractivity contribution in [3.05, 3.63) is 29.8 Å². The summed E-state index contributed by atoms with van der Waals surface area (Å²) < 4.78 is 11.4. The molecule has 0 bridgehead atoms. The molecule has 1 saturated carbocycles. The maximum Gasteiger partial charge on any atom is 0.326 e. The number of unbranched alkanes of at least 4 members (excludes halogenated alkanes) is 1. The molecule has 3 unspecified atom stereocenters. The van der Waals surface area contributed by atoms with E-state index in [2.05, 4.69) is 31.9 Å². The zero-order valence-corrected chi connectivity index (χ0v) is 44.6. The molecule has 1 fully saturated rings. The number of primary amides is 1. The number of nitrogens with one attached hydrogen (secondary N) is 6. The van der Waals surface area contributed by atoms with Crippen LogP contribution in [0.1, 0.15) is 155 Å². The van der Waals surface area contributed by atoms with Crippen LogP contribution in [0, 0.1) is 22.7 Å². The standard InChI is InChI=1S/C52H84N8O15/c1-50(2,32-51(3,4)30-44(66)67)29-42(63)57-31-33-10-12-35(13-11-33)47(70)60-39(49(72)73)18-20-40(61)59-38(19-21-43(64)65)48(71)56-25-26-74-27-28-75-52(5,6)23-22-41(62)58-37(45(54)68)9-7-8-24-55-46(69)34-14-16-36(53)17-15-34/h14-17,33,35,37-39H,7-13,18-32,53H2,1-6H3,(H2,54,68)(H,55,69)(H,56,71)(H,57,63)(H,58,62)(H,59,61)(H,60,70)(H,64,65)(H,66,67)(H,72,73). The molecule has 2 rings (SSSR count). The monoisotopic (exact) mass is 1060 g/mol. The highest BCUT2D eigenvalue weighted by Crippen LogP contribution is 2.38. The summed E-state index contributed by atoms with van der Waals surface area (Å²) in [6.45, 7) is 12.3. The molecular weight excluding hydrogens is 977 g/mol. The van der Waals surface area contributed by atoms with Gasteiger partial charge in [-0.05, 0) is 125 Å². The average molecular weight is 1060 g/mol. The number of anilines is 1. The van der Waals surface area contributed by atoms with Crippen LogP contribution in [0.25, 0.3) is 0 Å². The summed E-state index contributed by atoms with van der Waals surface area (Å²) in [5.74, 6) is -7.10. The fourth-order valence-corrected chi connectivity index (χ4v) is 9.14. The third-order valence-corrected chi connectivity index (χ3v) is 12.9. The molecule has 0 saturated heterocycles. The van der Waals surface area contributed by atoms with Gasteiger partial charge in [0.15, 0.2) is 0 Å². The molecule has 1 aliphatic rings. The Hall–Kier alpha value is -6.36. The molecule has 0 aliphatic heterocycles. The second-order valence-corrected chi connectivity index (χ2v) is 21.7. The van der Waals surface area contributed by atoms with E-state index >= 15 is 0 Å². The Morgan fingerprint density at radius 1 is 0.640 bits per heavy atom. The highest BCUT2D eigenvalue weighted by molar-refractivity contribution is 5.94. The number of amides is 7. The summed E-state index contributed by atoms with van der Waals surface area (Å²) in [6.07, 6.45) is 3.32. The Morgan fingerprint density at radius 3 is 1.87 bits per heavy atom. The molecule has 0 radical (unpaired) electrons. The summed E-state index contributed by atoms with van der Waals surface area (Å²) in [5, 5.41) is 44.4. The zero-order chi connectivity index (χ0) is 56.4. The highest BCUT2D eigenvalue weighted by atomic mass is 16.5. The minimum atomic E-state index is -1.40. The van der Waals surface area contributed by atoms with Crippen LogP contribution in [0.3, 0.4) is 0 Å². The summed E-state index contributed by atoms with van der Waals surface area (Å²) in [4.78, 5) is 124. The molecule has 1 aliphatic carbocycles. The number of carbonyl (C=O) groups excluding carboxylic acids is 7. The number of carboxylic acid groups (broad SMARTS) is 3. The van der Waals surface area contributed by atoms with Crippen molar-refractivity contribution in [2.45, 2.75) is 168 Å². The SMILES string of the molecule is CC(C)(CC(=O)O)CC(C)(C)CC(=O)NCC1CCC(C(=O)NC(CCC(=O)NC(CCC(=O)O)C(=O)NCCOCCOC(C)(C)CCC(=O)NC(CCCCNC(=O)c2ccc(N)cc2)C(N)=O)C(=O)O)CC1. The van der Waals surface area contributed by atoms with Gasteiger partial charge in [-0.3, -0.25) is 43.2 Å². The first-order valence-electron chi connectivity index (χ1n) is 25.8. The number of nitrogen functional groups attached to an aromatic ring is 1. The van der Waals surface area contributed by atoms with Crippen LogP contribution in [-0.2, 0) is 52.6 Å².